The molecule has 0 radical (unpaired) electrons. The van der Waals surface area contributed by atoms with E-state index in [1.807, 2.05) is 30.3 Å². The zero-order chi connectivity index (χ0) is 19.3. The lowest BCUT2D eigenvalue weighted by Crippen LogP contribution is -2.14. The summed E-state index contributed by atoms with van der Waals surface area (Å²) in [7, 11) is 0. The zero-order valence-electron chi connectivity index (χ0n) is 15.3. The van der Waals surface area contributed by atoms with E-state index < -0.39 is 0 Å². The third kappa shape index (κ3) is 4.32. The van der Waals surface area contributed by atoms with E-state index in [4.69, 9.17) is 9.26 Å². The quantitative estimate of drug-likeness (QED) is 0.554. The number of carbonyl (C=O) groups is 1. The number of nitrogens with zero attached hydrogens (tertiary/aromatic N) is 3. The monoisotopic (exact) mass is 374 g/mol. The largest absolute Gasteiger partial charge is 0.484 e. The van der Waals surface area contributed by atoms with Crippen LogP contribution >= 0.6 is 0 Å². The SMILES string of the molecule is Cc1noc(COc2ccc(NC(=O)Cc3ccc4ncccc4c3)cc2)n1. The minimum Gasteiger partial charge on any atom is -0.484 e. The Morgan fingerprint density at radius 2 is 2.00 bits per heavy atom. The van der Waals surface area contributed by atoms with E-state index in [0.717, 1.165) is 16.5 Å². The highest BCUT2D eigenvalue weighted by atomic mass is 16.5. The number of hydrogen-bond acceptors (Lipinski definition) is 6. The lowest BCUT2D eigenvalue weighted by molar-refractivity contribution is -0.115. The van der Waals surface area contributed by atoms with E-state index in [-0.39, 0.29) is 12.5 Å². The number of nitrogens with one attached hydrogen (secondary N) is 1. The predicted octanol–water partition coefficient (Wildman–Crippen LogP) is 3.69. The van der Waals surface area contributed by atoms with Crippen LogP contribution in [0.4, 0.5) is 5.69 Å². The molecule has 2 heterocycles. The summed E-state index contributed by atoms with van der Waals surface area (Å²) >= 11 is 0. The van der Waals surface area contributed by atoms with Gasteiger partial charge in [-0.15, -0.1) is 0 Å². The van der Waals surface area contributed by atoms with Gasteiger partial charge in [-0.3, -0.25) is 9.78 Å². The fourth-order valence-corrected chi connectivity index (χ4v) is 2.80. The van der Waals surface area contributed by atoms with Gasteiger partial charge >= 0.3 is 0 Å². The van der Waals surface area contributed by atoms with Crippen molar-refractivity contribution in [2.45, 2.75) is 20.0 Å². The topological polar surface area (TPSA) is 90.1 Å². The molecule has 28 heavy (non-hydrogen) atoms. The molecule has 0 fully saturated rings. The van der Waals surface area contributed by atoms with Gasteiger partial charge in [-0.05, 0) is 55.0 Å². The Morgan fingerprint density at radius 1 is 1.14 bits per heavy atom. The zero-order valence-corrected chi connectivity index (χ0v) is 15.3. The molecule has 7 nitrogen and oxygen atoms in total. The predicted molar refractivity (Wildman–Crippen MR) is 104 cm³/mol. The molecular weight excluding hydrogens is 356 g/mol. The summed E-state index contributed by atoms with van der Waals surface area (Å²) in [4.78, 5) is 20.7. The van der Waals surface area contributed by atoms with Gasteiger partial charge in [-0.25, -0.2) is 0 Å². The molecule has 0 aliphatic carbocycles. The second-order valence-corrected chi connectivity index (χ2v) is 6.30. The molecule has 4 rings (SSSR count). The molecule has 2 aromatic heterocycles. The van der Waals surface area contributed by atoms with Gasteiger partial charge in [0.05, 0.1) is 11.9 Å². The van der Waals surface area contributed by atoms with Crippen molar-refractivity contribution in [2.24, 2.45) is 0 Å². The van der Waals surface area contributed by atoms with Gasteiger partial charge in [-0.1, -0.05) is 17.3 Å². The summed E-state index contributed by atoms with van der Waals surface area (Å²) in [5.41, 5.74) is 2.55. The van der Waals surface area contributed by atoms with Crippen LogP contribution < -0.4 is 10.1 Å². The number of amides is 1. The summed E-state index contributed by atoms with van der Waals surface area (Å²) in [5, 5.41) is 7.62. The molecule has 0 unspecified atom stereocenters. The molecule has 1 amide bonds. The molecule has 0 aliphatic heterocycles. The number of fused-ring (bicyclic) bond motifs is 1. The summed E-state index contributed by atoms with van der Waals surface area (Å²) in [6.07, 6.45) is 2.05. The lowest BCUT2D eigenvalue weighted by Gasteiger charge is -2.08. The summed E-state index contributed by atoms with van der Waals surface area (Å²) in [6, 6.07) is 16.8. The van der Waals surface area contributed by atoms with Gasteiger partial charge in [-0.2, -0.15) is 4.98 Å². The van der Waals surface area contributed by atoms with Crippen molar-refractivity contribution in [1.82, 2.24) is 15.1 Å². The van der Waals surface area contributed by atoms with Gasteiger partial charge in [0.2, 0.25) is 5.91 Å². The molecule has 0 saturated heterocycles. The van der Waals surface area contributed by atoms with E-state index in [9.17, 15) is 4.79 Å². The van der Waals surface area contributed by atoms with Crippen molar-refractivity contribution >= 4 is 22.5 Å². The van der Waals surface area contributed by atoms with Crippen molar-refractivity contribution in [3.63, 3.8) is 0 Å². The Balaban J connectivity index is 1.33. The van der Waals surface area contributed by atoms with Gasteiger partial charge in [0.15, 0.2) is 12.4 Å². The number of aromatic nitrogens is 3. The maximum Gasteiger partial charge on any atom is 0.264 e. The fourth-order valence-electron chi connectivity index (χ4n) is 2.80. The third-order valence-corrected chi connectivity index (χ3v) is 4.10. The van der Waals surface area contributed by atoms with Crippen LogP contribution in [0, 0.1) is 6.92 Å². The number of rotatable bonds is 6. The number of anilines is 1. The van der Waals surface area contributed by atoms with Gasteiger partial charge in [0.25, 0.3) is 5.89 Å². The van der Waals surface area contributed by atoms with Crippen LogP contribution in [0.1, 0.15) is 17.3 Å². The van der Waals surface area contributed by atoms with E-state index in [1.165, 1.54) is 0 Å². The molecule has 0 spiro atoms. The molecule has 0 atom stereocenters. The van der Waals surface area contributed by atoms with Gasteiger partial charge in [0.1, 0.15) is 5.75 Å². The Labute approximate surface area is 161 Å². The number of carbonyl (C=O) groups excluding carboxylic acids is 1. The van der Waals surface area contributed by atoms with Crippen LogP contribution in [0.5, 0.6) is 5.75 Å². The highest BCUT2D eigenvalue weighted by molar-refractivity contribution is 5.93. The van der Waals surface area contributed by atoms with E-state index >= 15 is 0 Å². The normalized spacial score (nSPS) is 10.8. The molecule has 4 aromatic rings. The van der Waals surface area contributed by atoms with Crippen molar-refractivity contribution in [3.8, 4) is 5.75 Å². The first-order chi connectivity index (χ1) is 13.7. The fraction of sp³-hybridized carbons (Fsp3) is 0.143. The van der Waals surface area contributed by atoms with E-state index in [0.29, 0.717) is 29.6 Å². The first kappa shape index (κ1) is 17.7. The number of hydrogen-bond donors (Lipinski definition) is 1. The van der Waals surface area contributed by atoms with E-state index in [1.54, 1.807) is 37.4 Å². The van der Waals surface area contributed by atoms with Crippen LogP contribution in [0.15, 0.2) is 65.3 Å². The summed E-state index contributed by atoms with van der Waals surface area (Å²) in [5.74, 6) is 1.55. The maximum absolute atomic E-state index is 12.3. The van der Waals surface area contributed by atoms with Crippen molar-refractivity contribution in [1.29, 1.82) is 0 Å². The van der Waals surface area contributed by atoms with Crippen LogP contribution in [0.2, 0.25) is 0 Å². The minimum atomic E-state index is -0.0850. The number of pyridine rings is 1. The molecule has 0 aliphatic rings. The van der Waals surface area contributed by atoms with Gasteiger partial charge in [0, 0.05) is 17.3 Å². The molecule has 140 valence electrons. The highest BCUT2D eigenvalue weighted by Gasteiger charge is 2.07. The maximum atomic E-state index is 12.3. The summed E-state index contributed by atoms with van der Waals surface area (Å²) in [6.45, 7) is 1.95. The third-order valence-electron chi connectivity index (χ3n) is 4.10. The standard InChI is InChI=1S/C21H18N4O3/c1-14-23-21(28-25-14)13-27-18-7-5-17(6-8-18)24-20(26)12-15-4-9-19-16(11-15)3-2-10-22-19/h2-11H,12-13H2,1H3,(H,24,26). The molecular formula is C21H18N4O3. The van der Waals surface area contributed by atoms with Crippen molar-refractivity contribution in [2.75, 3.05) is 5.32 Å². The van der Waals surface area contributed by atoms with Crippen molar-refractivity contribution < 1.29 is 14.1 Å². The average molecular weight is 374 g/mol. The molecule has 7 heteroatoms. The molecule has 0 bridgehead atoms. The molecule has 2 aromatic carbocycles. The lowest BCUT2D eigenvalue weighted by atomic mass is 10.1. The van der Waals surface area contributed by atoms with Crippen LogP contribution in [-0.2, 0) is 17.8 Å². The van der Waals surface area contributed by atoms with Crippen LogP contribution in [-0.4, -0.2) is 21.0 Å². The first-order valence-corrected chi connectivity index (χ1v) is 8.81. The minimum absolute atomic E-state index is 0.0850. The first-order valence-electron chi connectivity index (χ1n) is 8.81. The molecule has 0 saturated carbocycles. The average Bonchev–Trinajstić information content (AvgIpc) is 3.12. The smallest absolute Gasteiger partial charge is 0.264 e. The number of benzene rings is 2. The Bertz CT molecular complexity index is 1110. The van der Waals surface area contributed by atoms with Crippen LogP contribution in [0.25, 0.3) is 10.9 Å². The summed E-state index contributed by atoms with van der Waals surface area (Å²) < 4.78 is 10.6. The van der Waals surface area contributed by atoms with Crippen LogP contribution in [0.3, 0.4) is 0 Å². The second-order valence-electron chi connectivity index (χ2n) is 6.30. The Hall–Kier alpha value is -3.74. The Morgan fingerprint density at radius 3 is 2.79 bits per heavy atom. The second kappa shape index (κ2) is 7.87. The molecule has 1 N–H and O–H groups in total. The van der Waals surface area contributed by atoms with E-state index in [2.05, 4.69) is 20.4 Å². The van der Waals surface area contributed by atoms with Gasteiger partial charge < -0.3 is 14.6 Å². The number of ether oxygens (including phenoxy) is 1. The number of aryl methyl sites for hydroxylation is 1. The Kier molecular flexibility index (Phi) is 4.97. The highest BCUT2D eigenvalue weighted by Crippen LogP contribution is 2.18. The van der Waals surface area contributed by atoms with Crippen molar-refractivity contribution in [3.05, 3.63) is 78.1 Å².